The monoisotopic (exact) mass is 225 g/mol. The first-order chi connectivity index (χ1) is 7.13. The van der Waals surface area contributed by atoms with Gasteiger partial charge < -0.3 is 9.84 Å². The summed E-state index contributed by atoms with van der Waals surface area (Å²) in [6.07, 6.45) is 0. The van der Waals surface area contributed by atoms with Crippen LogP contribution in [0.15, 0.2) is 12.1 Å². The molecule has 0 atom stereocenters. The van der Waals surface area contributed by atoms with Gasteiger partial charge in [-0.25, -0.2) is 4.79 Å². The molecule has 0 amide bonds. The molecule has 4 nitrogen and oxygen atoms in total. The fourth-order valence-electron chi connectivity index (χ4n) is 1.12. The molecule has 0 saturated heterocycles. The number of aliphatic hydroxyl groups is 1. The van der Waals surface area contributed by atoms with Crippen molar-refractivity contribution in [1.29, 1.82) is 5.26 Å². The van der Waals surface area contributed by atoms with Gasteiger partial charge in [0.05, 0.1) is 35.9 Å². The van der Waals surface area contributed by atoms with Gasteiger partial charge in [0.1, 0.15) is 0 Å². The predicted octanol–water partition coefficient (Wildman–Crippen LogP) is 1.49. The van der Waals surface area contributed by atoms with Crippen LogP contribution in [-0.4, -0.2) is 18.2 Å². The van der Waals surface area contributed by atoms with E-state index >= 15 is 0 Å². The zero-order valence-corrected chi connectivity index (χ0v) is 8.71. The fraction of sp³-hybridized carbons (Fsp3) is 0.200. The molecule has 0 bridgehead atoms. The highest BCUT2D eigenvalue weighted by molar-refractivity contribution is 6.34. The zero-order chi connectivity index (χ0) is 11.4. The minimum Gasteiger partial charge on any atom is -0.465 e. The van der Waals surface area contributed by atoms with Crippen molar-refractivity contribution in [2.45, 2.75) is 6.61 Å². The van der Waals surface area contributed by atoms with E-state index in [1.165, 1.54) is 19.2 Å². The second kappa shape index (κ2) is 4.78. The van der Waals surface area contributed by atoms with Crippen LogP contribution in [0.1, 0.15) is 21.5 Å². The number of hydrogen-bond acceptors (Lipinski definition) is 4. The molecule has 0 heterocycles. The van der Waals surface area contributed by atoms with E-state index in [9.17, 15) is 4.79 Å². The molecular weight excluding hydrogens is 218 g/mol. The third kappa shape index (κ3) is 2.27. The standard InChI is InChI=1S/C10H8ClNO3/c1-15-10(14)8-3-6(4-12)2-7(5-13)9(8)11/h2-3,13H,5H2,1H3. The largest absolute Gasteiger partial charge is 0.465 e. The molecule has 1 N–H and O–H groups in total. The summed E-state index contributed by atoms with van der Waals surface area (Å²) in [5.41, 5.74) is 0.669. The Morgan fingerprint density at radius 2 is 2.33 bits per heavy atom. The van der Waals surface area contributed by atoms with Crippen LogP contribution in [0, 0.1) is 11.3 Å². The zero-order valence-electron chi connectivity index (χ0n) is 7.95. The molecule has 0 aliphatic heterocycles. The van der Waals surface area contributed by atoms with Crippen LogP contribution in [0.5, 0.6) is 0 Å². The van der Waals surface area contributed by atoms with Crippen molar-refractivity contribution in [3.63, 3.8) is 0 Å². The Labute approximate surface area is 91.7 Å². The first-order valence-corrected chi connectivity index (χ1v) is 4.43. The van der Waals surface area contributed by atoms with E-state index in [-0.39, 0.29) is 22.8 Å². The van der Waals surface area contributed by atoms with Crippen molar-refractivity contribution in [1.82, 2.24) is 0 Å². The maximum atomic E-state index is 11.3. The molecule has 15 heavy (non-hydrogen) atoms. The normalized spacial score (nSPS) is 9.47. The predicted molar refractivity (Wildman–Crippen MR) is 53.4 cm³/mol. The van der Waals surface area contributed by atoms with Crippen molar-refractivity contribution in [3.05, 3.63) is 33.8 Å². The average Bonchev–Trinajstić information content (AvgIpc) is 2.28. The number of carbonyl (C=O) groups is 1. The van der Waals surface area contributed by atoms with E-state index in [1.807, 2.05) is 6.07 Å². The van der Waals surface area contributed by atoms with Crippen molar-refractivity contribution in [3.8, 4) is 6.07 Å². The Balaban J connectivity index is 3.38. The number of aliphatic hydroxyl groups excluding tert-OH is 1. The molecular formula is C10H8ClNO3. The SMILES string of the molecule is COC(=O)c1cc(C#N)cc(CO)c1Cl. The van der Waals surface area contributed by atoms with Crippen molar-refractivity contribution >= 4 is 17.6 Å². The van der Waals surface area contributed by atoms with E-state index in [4.69, 9.17) is 22.0 Å². The summed E-state index contributed by atoms with van der Waals surface area (Å²) in [6, 6.07) is 4.62. The molecule has 1 aromatic rings. The number of esters is 1. The van der Waals surface area contributed by atoms with E-state index in [0.717, 1.165) is 0 Å². The first kappa shape index (κ1) is 11.5. The van der Waals surface area contributed by atoms with Gasteiger partial charge in [0.2, 0.25) is 0 Å². The van der Waals surface area contributed by atoms with Gasteiger partial charge in [0, 0.05) is 0 Å². The van der Waals surface area contributed by atoms with Gasteiger partial charge in [0.25, 0.3) is 0 Å². The van der Waals surface area contributed by atoms with Crippen LogP contribution in [0.2, 0.25) is 5.02 Å². The number of nitrogens with zero attached hydrogens (tertiary/aromatic N) is 1. The Kier molecular flexibility index (Phi) is 3.67. The van der Waals surface area contributed by atoms with Crippen molar-refractivity contribution in [2.24, 2.45) is 0 Å². The molecule has 0 radical (unpaired) electrons. The van der Waals surface area contributed by atoms with Crippen molar-refractivity contribution in [2.75, 3.05) is 7.11 Å². The maximum Gasteiger partial charge on any atom is 0.339 e. The van der Waals surface area contributed by atoms with E-state index in [1.54, 1.807) is 0 Å². The molecule has 0 saturated carbocycles. The Bertz CT molecular complexity index is 437. The molecule has 1 rings (SSSR count). The summed E-state index contributed by atoms with van der Waals surface area (Å²) >= 11 is 5.84. The van der Waals surface area contributed by atoms with Crippen LogP contribution < -0.4 is 0 Å². The summed E-state index contributed by atoms with van der Waals surface area (Å²) in [4.78, 5) is 11.3. The number of benzene rings is 1. The molecule has 0 aliphatic carbocycles. The third-order valence-corrected chi connectivity index (χ3v) is 2.30. The summed E-state index contributed by atoms with van der Waals surface area (Å²) in [6.45, 7) is -0.335. The minimum absolute atomic E-state index is 0.0854. The minimum atomic E-state index is -0.633. The Morgan fingerprint density at radius 3 is 2.80 bits per heavy atom. The van der Waals surface area contributed by atoms with Crippen LogP contribution >= 0.6 is 11.6 Å². The summed E-state index contributed by atoms with van der Waals surface area (Å²) in [5, 5.41) is 17.8. The summed E-state index contributed by atoms with van der Waals surface area (Å²) < 4.78 is 4.50. The second-order valence-corrected chi connectivity index (χ2v) is 3.14. The number of carbonyl (C=O) groups excluding carboxylic acids is 1. The molecule has 0 unspecified atom stereocenters. The highest BCUT2D eigenvalue weighted by Gasteiger charge is 2.15. The van der Waals surface area contributed by atoms with Gasteiger partial charge in [-0.05, 0) is 17.7 Å². The van der Waals surface area contributed by atoms with Gasteiger partial charge in [-0.15, -0.1) is 0 Å². The molecule has 0 fully saturated rings. The topological polar surface area (TPSA) is 70.3 Å². The number of hydrogen-bond donors (Lipinski definition) is 1. The van der Waals surface area contributed by atoms with E-state index < -0.39 is 5.97 Å². The lowest BCUT2D eigenvalue weighted by molar-refractivity contribution is 0.0600. The highest BCUT2D eigenvalue weighted by atomic mass is 35.5. The number of nitriles is 1. The molecule has 5 heteroatoms. The molecule has 78 valence electrons. The Hall–Kier alpha value is -1.57. The van der Waals surface area contributed by atoms with Gasteiger partial charge in [-0.2, -0.15) is 5.26 Å². The number of methoxy groups -OCH3 is 1. The van der Waals surface area contributed by atoms with Gasteiger partial charge in [-0.3, -0.25) is 0 Å². The van der Waals surface area contributed by atoms with Crippen LogP contribution in [-0.2, 0) is 11.3 Å². The van der Waals surface area contributed by atoms with Crippen LogP contribution in [0.4, 0.5) is 0 Å². The number of rotatable bonds is 2. The summed E-state index contributed by atoms with van der Waals surface area (Å²) in [7, 11) is 1.22. The van der Waals surface area contributed by atoms with E-state index in [0.29, 0.717) is 5.56 Å². The average molecular weight is 226 g/mol. The highest BCUT2D eigenvalue weighted by Crippen LogP contribution is 2.24. The van der Waals surface area contributed by atoms with E-state index in [2.05, 4.69) is 4.74 Å². The van der Waals surface area contributed by atoms with Crippen LogP contribution in [0.3, 0.4) is 0 Å². The molecule has 0 aliphatic rings. The molecule has 0 spiro atoms. The second-order valence-electron chi connectivity index (χ2n) is 2.76. The quantitative estimate of drug-likeness (QED) is 0.775. The smallest absolute Gasteiger partial charge is 0.339 e. The lowest BCUT2D eigenvalue weighted by Gasteiger charge is -2.06. The number of ether oxygens (including phenoxy) is 1. The van der Waals surface area contributed by atoms with Gasteiger partial charge in [0.15, 0.2) is 0 Å². The Morgan fingerprint density at radius 1 is 1.67 bits per heavy atom. The fourth-order valence-corrected chi connectivity index (χ4v) is 1.37. The lowest BCUT2D eigenvalue weighted by Crippen LogP contribution is -2.04. The van der Waals surface area contributed by atoms with Crippen molar-refractivity contribution < 1.29 is 14.6 Å². The first-order valence-electron chi connectivity index (χ1n) is 4.05. The summed E-state index contributed by atoms with van der Waals surface area (Å²) in [5.74, 6) is -0.633. The maximum absolute atomic E-state index is 11.3. The van der Waals surface area contributed by atoms with Gasteiger partial charge >= 0.3 is 5.97 Å². The number of halogens is 1. The lowest BCUT2D eigenvalue weighted by atomic mass is 10.1. The molecule has 0 aromatic heterocycles. The van der Waals surface area contributed by atoms with Gasteiger partial charge in [-0.1, -0.05) is 11.6 Å². The molecule has 1 aromatic carbocycles. The van der Waals surface area contributed by atoms with Crippen LogP contribution in [0.25, 0.3) is 0 Å². The third-order valence-electron chi connectivity index (χ3n) is 1.85.